The van der Waals surface area contributed by atoms with Gasteiger partial charge in [0.05, 0.1) is 24.7 Å². The van der Waals surface area contributed by atoms with E-state index in [2.05, 4.69) is 16.8 Å². The Hall–Kier alpha value is -3.20. The monoisotopic (exact) mass is 323 g/mol. The predicted octanol–water partition coefficient (Wildman–Crippen LogP) is 4.08. The molecule has 2 N–H and O–H groups in total. The molecule has 0 spiro atoms. The summed E-state index contributed by atoms with van der Waals surface area (Å²) in [6, 6.07) is 8.49. The molecule has 0 fully saturated rings. The molecule has 122 valence electrons. The van der Waals surface area contributed by atoms with Gasteiger partial charge in [0.25, 0.3) is 0 Å². The molecule has 24 heavy (non-hydrogen) atoms. The first-order valence-electron chi connectivity index (χ1n) is 7.57. The highest BCUT2D eigenvalue weighted by atomic mass is 16.5. The molecular formula is C18H17N3O3. The van der Waals surface area contributed by atoms with Gasteiger partial charge in [-0.3, -0.25) is 0 Å². The van der Waals surface area contributed by atoms with Crippen molar-refractivity contribution in [3.05, 3.63) is 41.7 Å². The first kappa shape index (κ1) is 15.7. The second-order valence-electron chi connectivity index (χ2n) is 5.42. The van der Waals surface area contributed by atoms with Crippen LogP contribution in [0.25, 0.3) is 27.3 Å². The van der Waals surface area contributed by atoms with Gasteiger partial charge in [-0.15, -0.1) is 0 Å². The van der Waals surface area contributed by atoms with Crippen LogP contribution in [0.4, 0.5) is 5.69 Å². The fourth-order valence-electron chi connectivity index (χ4n) is 2.74. The van der Waals surface area contributed by atoms with Crippen LogP contribution >= 0.6 is 0 Å². The van der Waals surface area contributed by atoms with Crippen LogP contribution in [-0.2, 0) is 6.54 Å². The van der Waals surface area contributed by atoms with Gasteiger partial charge in [-0.2, -0.15) is 0 Å². The molecule has 0 bridgehead atoms. The van der Waals surface area contributed by atoms with Crippen LogP contribution in [0, 0.1) is 6.57 Å². The predicted molar refractivity (Wildman–Crippen MR) is 91.6 cm³/mol. The van der Waals surface area contributed by atoms with E-state index in [4.69, 9.17) is 11.3 Å². The number of hydrogen-bond donors (Lipinski definition) is 2. The van der Waals surface area contributed by atoms with Gasteiger partial charge in [-0.05, 0) is 30.7 Å². The van der Waals surface area contributed by atoms with E-state index in [1.54, 1.807) is 18.2 Å². The number of methoxy groups -OCH3 is 1. The second-order valence-corrected chi connectivity index (χ2v) is 5.42. The third kappa shape index (κ3) is 2.50. The zero-order valence-corrected chi connectivity index (χ0v) is 13.4. The van der Waals surface area contributed by atoms with Crippen molar-refractivity contribution in [2.75, 3.05) is 7.11 Å². The van der Waals surface area contributed by atoms with Gasteiger partial charge in [0, 0.05) is 12.1 Å². The van der Waals surface area contributed by atoms with Crippen LogP contribution in [-0.4, -0.2) is 26.9 Å². The number of ether oxygens (including phenoxy) is 1. The molecule has 0 radical (unpaired) electrons. The van der Waals surface area contributed by atoms with Gasteiger partial charge in [0.15, 0.2) is 17.2 Å². The molecule has 2 aromatic carbocycles. The molecule has 0 aliphatic heterocycles. The molecule has 0 atom stereocenters. The molecule has 0 saturated heterocycles. The first-order valence-corrected chi connectivity index (χ1v) is 7.57. The lowest BCUT2D eigenvalue weighted by Crippen LogP contribution is -2.00. The van der Waals surface area contributed by atoms with E-state index in [0.717, 1.165) is 24.0 Å². The summed E-state index contributed by atoms with van der Waals surface area (Å²) in [4.78, 5) is 8.07. The van der Waals surface area contributed by atoms with Crippen molar-refractivity contribution in [1.82, 2.24) is 9.55 Å². The van der Waals surface area contributed by atoms with Crippen LogP contribution < -0.4 is 4.74 Å². The quantitative estimate of drug-likeness (QED) is 0.560. The van der Waals surface area contributed by atoms with E-state index in [1.165, 1.54) is 13.2 Å². The maximum absolute atomic E-state index is 9.94. The highest BCUT2D eigenvalue weighted by Gasteiger charge is 2.17. The Labute approximate surface area is 139 Å². The van der Waals surface area contributed by atoms with E-state index >= 15 is 0 Å². The Bertz CT molecular complexity index is 954. The summed E-state index contributed by atoms with van der Waals surface area (Å²) in [6.07, 6.45) is 0.907. The number of phenols is 2. The minimum absolute atomic E-state index is 0.182. The minimum atomic E-state index is -0.297. The summed E-state index contributed by atoms with van der Waals surface area (Å²) in [6.45, 7) is 9.95. The minimum Gasteiger partial charge on any atom is -0.504 e. The van der Waals surface area contributed by atoms with Gasteiger partial charge in [-0.25, -0.2) is 9.83 Å². The number of aromatic nitrogens is 2. The smallest absolute Gasteiger partial charge is 0.200 e. The number of phenolic OH excluding ortho intramolecular Hbond substituents is 2. The number of hydrogen-bond acceptors (Lipinski definition) is 4. The van der Waals surface area contributed by atoms with Crippen molar-refractivity contribution in [2.24, 2.45) is 0 Å². The Kier molecular flexibility index (Phi) is 4.00. The molecular weight excluding hydrogens is 306 g/mol. The fourth-order valence-corrected chi connectivity index (χ4v) is 2.74. The van der Waals surface area contributed by atoms with Crippen LogP contribution in [0.3, 0.4) is 0 Å². The molecule has 6 nitrogen and oxygen atoms in total. The number of benzene rings is 2. The maximum Gasteiger partial charge on any atom is 0.200 e. The average Bonchev–Trinajstić information content (AvgIpc) is 2.95. The number of rotatable bonds is 4. The van der Waals surface area contributed by atoms with Crippen molar-refractivity contribution in [2.45, 2.75) is 19.9 Å². The van der Waals surface area contributed by atoms with Gasteiger partial charge in [-0.1, -0.05) is 13.0 Å². The van der Waals surface area contributed by atoms with Gasteiger partial charge >= 0.3 is 0 Å². The Morgan fingerprint density at radius 2 is 2.04 bits per heavy atom. The van der Waals surface area contributed by atoms with Gasteiger partial charge in [0.1, 0.15) is 5.82 Å². The molecule has 0 unspecified atom stereocenters. The number of fused-ring (bicyclic) bond motifs is 1. The van der Waals surface area contributed by atoms with Crippen LogP contribution in [0.5, 0.6) is 17.2 Å². The molecule has 1 aromatic heterocycles. The molecule has 0 amide bonds. The lowest BCUT2D eigenvalue weighted by molar-refractivity contribution is 0.351. The normalized spacial score (nSPS) is 10.7. The summed E-state index contributed by atoms with van der Waals surface area (Å²) >= 11 is 0. The zero-order valence-electron chi connectivity index (χ0n) is 13.4. The number of nitrogens with zero attached hydrogens (tertiary/aromatic N) is 3. The van der Waals surface area contributed by atoms with Crippen LogP contribution in [0.1, 0.15) is 13.3 Å². The Morgan fingerprint density at radius 1 is 1.25 bits per heavy atom. The summed E-state index contributed by atoms with van der Waals surface area (Å²) in [5.41, 5.74) is 2.81. The molecule has 0 aliphatic rings. The zero-order chi connectivity index (χ0) is 17.3. The van der Waals surface area contributed by atoms with Crippen molar-refractivity contribution < 1.29 is 14.9 Å². The Morgan fingerprint density at radius 3 is 2.71 bits per heavy atom. The molecule has 6 heteroatoms. The summed E-state index contributed by atoms with van der Waals surface area (Å²) in [7, 11) is 1.43. The van der Waals surface area contributed by atoms with E-state index in [9.17, 15) is 10.2 Å². The molecule has 0 saturated carbocycles. The fraction of sp³-hybridized carbons (Fsp3) is 0.222. The standard InChI is InChI=1S/C18H17N3O3/c1-4-7-21-14-6-5-12(19-2)10-13(14)20-18(21)11-8-15(22)17(23)16(9-11)24-3/h5-6,8-10,22-23H,4,7H2,1,3H3. The molecule has 3 rings (SSSR count). The van der Waals surface area contributed by atoms with E-state index in [-0.39, 0.29) is 17.2 Å². The number of aryl methyl sites for hydroxylation is 1. The Balaban J connectivity index is 2.27. The third-order valence-electron chi connectivity index (χ3n) is 3.84. The largest absolute Gasteiger partial charge is 0.504 e. The SMILES string of the molecule is [C-]#[N+]c1ccc2c(c1)nc(-c1cc(O)c(O)c(OC)c1)n2CCC. The second kappa shape index (κ2) is 6.13. The van der Waals surface area contributed by atoms with Crippen molar-refractivity contribution in [1.29, 1.82) is 0 Å². The molecule has 0 aliphatic carbocycles. The van der Waals surface area contributed by atoms with Crippen molar-refractivity contribution in [3.8, 4) is 28.6 Å². The van der Waals surface area contributed by atoms with Crippen molar-refractivity contribution >= 4 is 16.7 Å². The summed E-state index contributed by atoms with van der Waals surface area (Å²) in [5.74, 6) is 0.278. The first-order chi connectivity index (χ1) is 11.6. The van der Waals surface area contributed by atoms with Gasteiger partial charge < -0.3 is 19.5 Å². The number of aromatic hydroxyl groups is 2. The van der Waals surface area contributed by atoms with Crippen LogP contribution in [0.15, 0.2) is 30.3 Å². The summed E-state index contributed by atoms with van der Waals surface area (Å²) < 4.78 is 7.15. The molecule has 3 aromatic rings. The van der Waals surface area contributed by atoms with Crippen molar-refractivity contribution in [3.63, 3.8) is 0 Å². The van der Waals surface area contributed by atoms with Crippen LogP contribution in [0.2, 0.25) is 0 Å². The third-order valence-corrected chi connectivity index (χ3v) is 3.84. The van der Waals surface area contributed by atoms with E-state index < -0.39 is 0 Å². The van der Waals surface area contributed by atoms with E-state index in [0.29, 0.717) is 17.1 Å². The average molecular weight is 323 g/mol. The summed E-state index contributed by atoms with van der Waals surface area (Å²) in [5, 5.41) is 19.8. The highest BCUT2D eigenvalue weighted by molar-refractivity contribution is 5.84. The topological polar surface area (TPSA) is 71.9 Å². The van der Waals surface area contributed by atoms with E-state index in [1.807, 2.05) is 10.6 Å². The van der Waals surface area contributed by atoms with Gasteiger partial charge in [0.2, 0.25) is 5.75 Å². The lowest BCUT2D eigenvalue weighted by atomic mass is 10.1. The maximum atomic E-state index is 9.94. The highest BCUT2D eigenvalue weighted by Crippen LogP contribution is 2.40. The number of imidazole rings is 1. The molecule has 1 heterocycles. The lowest BCUT2D eigenvalue weighted by Gasteiger charge is -2.11.